The van der Waals surface area contributed by atoms with E-state index in [1.807, 2.05) is 66.7 Å². The minimum Gasteiger partial charge on any atom is -0.328 e. The van der Waals surface area contributed by atoms with Crippen LogP contribution in [-0.4, -0.2) is 37.1 Å². The molecule has 0 aliphatic heterocycles. The molecule has 0 spiro atoms. The van der Waals surface area contributed by atoms with Gasteiger partial charge in [0.15, 0.2) is 11.6 Å². The van der Waals surface area contributed by atoms with Gasteiger partial charge >= 0.3 is 0 Å². The smallest absolute Gasteiger partial charge is 0.179 e. The summed E-state index contributed by atoms with van der Waals surface area (Å²) in [6.07, 6.45) is 2.03. The number of rotatable bonds is 3. The normalized spacial score (nSPS) is 11.3. The molecule has 0 saturated heterocycles. The molecular weight excluding hydrogens is 362 g/mol. The lowest BCUT2D eigenvalue weighted by atomic mass is 10.2. The molecule has 2 aromatic carbocycles. The zero-order valence-corrected chi connectivity index (χ0v) is 15.1. The maximum Gasteiger partial charge on any atom is 0.179 e. The van der Waals surface area contributed by atoms with Gasteiger partial charge in [0.05, 0.1) is 16.6 Å². The molecule has 0 fully saturated rings. The van der Waals surface area contributed by atoms with Crippen molar-refractivity contribution < 1.29 is 0 Å². The second-order valence-electron chi connectivity index (χ2n) is 6.19. The fraction of sp³-hybridized carbons (Fsp3) is 0.0526. The SMILES string of the molecule is CN(c1cccc(Cl)c1)c1nc2cc(-c3nnn[nH]3)ccc2n2cccc12. The minimum atomic E-state index is 0.607. The molecule has 0 unspecified atom stereocenters. The highest BCUT2D eigenvalue weighted by atomic mass is 35.5. The van der Waals surface area contributed by atoms with Gasteiger partial charge in [-0.3, -0.25) is 0 Å². The van der Waals surface area contributed by atoms with Crippen molar-refractivity contribution in [3.05, 3.63) is 65.8 Å². The van der Waals surface area contributed by atoms with Crippen molar-refractivity contribution >= 4 is 39.7 Å². The zero-order valence-electron chi connectivity index (χ0n) is 14.3. The number of aromatic amines is 1. The largest absolute Gasteiger partial charge is 0.328 e. The summed E-state index contributed by atoms with van der Waals surface area (Å²) < 4.78 is 2.13. The van der Waals surface area contributed by atoms with Crippen LogP contribution in [0.2, 0.25) is 5.02 Å². The molecule has 5 rings (SSSR count). The number of halogens is 1. The molecule has 0 amide bonds. The molecule has 3 aromatic heterocycles. The van der Waals surface area contributed by atoms with E-state index in [4.69, 9.17) is 16.6 Å². The number of anilines is 2. The Balaban J connectivity index is 1.74. The summed E-state index contributed by atoms with van der Waals surface area (Å²) in [6.45, 7) is 0. The first-order valence-corrected chi connectivity index (χ1v) is 8.73. The van der Waals surface area contributed by atoms with E-state index in [9.17, 15) is 0 Å². The van der Waals surface area contributed by atoms with E-state index in [1.165, 1.54) is 0 Å². The third-order valence-electron chi connectivity index (χ3n) is 4.57. The zero-order chi connectivity index (χ0) is 18.4. The standard InChI is InChI=1S/C19H14ClN7/c1-26(14-5-2-4-13(20)11-14)19-17-6-3-9-27(17)16-8-7-12(10-15(16)21-19)18-22-24-25-23-18/h2-11H,1H3,(H,22,23,24,25). The number of hydrogen-bond acceptors (Lipinski definition) is 5. The second-order valence-corrected chi connectivity index (χ2v) is 6.63. The topological polar surface area (TPSA) is 75.0 Å². The maximum atomic E-state index is 6.17. The molecule has 3 heterocycles. The van der Waals surface area contributed by atoms with E-state index in [2.05, 4.69) is 31.1 Å². The van der Waals surface area contributed by atoms with Crippen molar-refractivity contribution in [3.63, 3.8) is 0 Å². The van der Waals surface area contributed by atoms with E-state index < -0.39 is 0 Å². The van der Waals surface area contributed by atoms with Crippen LogP contribution in [0.4, 0.5) is 11.5 Å². The lowest BCUT2D eigenvalue weighted by Gasteiger charge is -2.21. The van der Waals surface area contributed by atoms with Gasteiger partial charge in [-0.05, 0) is 59.0 Å². The quantitative estimate of drug-likeness (QED) is 0.514. The van der Waals surface area contributed by atoms with E-state index in [0.717, 1.165) is 33.6 Å². The minimum absolute atomic E-state index is 0.607. The summed E-state index contributed by atoms with van der Waals surface area (Å²) in [5.74, 6) is 1.44. The molecule has 0 atom stereocenters. The van der Waals surface area contributed by atoms with Crippen molar-refractivity contribution in [2.45, 2.75) is 0 Å². The summed E-state index contributed by atoms with van der Waals surface area (Å²) in [5.41, 5.74) is 4.71. The van der Waals surface area contributed by atoms with Crippen LogP contribution in [0.15, 0.2) is 60.8 Å². The maximum absolute atomic E-state index is 6.17. The Kier molecular flexibility index (Phi) is 3.54. The van der Waals surface area contributed by atoms with Gasteiger partial charge in [-0.2, -0.15) is 0 Å². The molecule has 5 aromatic rings. The van der Waals surface area contributed by atoms with Gasteiger partial charge < -0.3 is 9.30 Å². The average molecular weight is 376 g/mol. The van der Waals surface area contributed by atoms with E-state index in [-0.39, 0.29) is 0 Å². The van der Waals surface area contributed by atoms with E-state index >= 15 is 0 Å². The Morgan fingerprint density at radius 2 is 1.96 bits per heavy atom. The van der Waals surface area contributed by atoms with Crippen molar-refractivity contribution in [3.8, 4) is 11.4 Å². The van der Waals surface area contributed by atoms with Crippen LogP contribution in [0.1, 0.15) is 0 Å². The molecule has 0 radical (unpaired) electrons. The van der Waals surface area contributed by atoms with Crippen LogP contribution in [0.3, 0.4) is 0 Å². The average Bonchev–Trinajstić information content (AvgIpc) is 3.38. The molecular formula is C19H14ClN7. The monoisotopic (exact) mass is 375 g/mol. The fourth-order valence-corrected chi connectivity index (χ4v) is 3.43. The number of nitrogens with zero attached hydrogens (tertiary/aromatic N) is 6. The molecule has 27 heavy (non-hydrogen) atoms. The number of hydrogen-bond donors (Lipinski definition) is 1. The van der Waals surface area contributed by atoms with E-state index in [1.54, 1.807) is 0 Å². The van der Waals surface area contributed by atoms with Crippen molar-refractivity contribution in [1.82, 2.24) is 30.0 Å². The van der Waals surface area contributed by atoms with Gasteiger partial charge in [0.1, 0.15) is 0 Å². The number of fused-ring (bicyclic) bond motifs is 3. The molecule has 0 bridgehead atoms. The van der Waals surface area contributed by atoms with Crippen LogP contribution in [0.25, 0.3) is 27.9 Å². The highest BCUT2D eigenvalue weighted by Crippen LogP contribution is 2.31. The van der Waals surface area contributed by atoms with Crippen molar-refractivity contribution in [1.29, 1.82) is 0 Å². The number of benzene rings is 2. The van der Waals surface area contributed by atoms with Crippen molar-refractivity contribution in [2.24, 2.45) is 0 Å². The lowest BCUT2D eigenvalue weighted by molar-refractivity contribution is 0.881. The number of tetrazole rings is 1. The summed E-state index contributed by atoms with van der Waals surface area (Å²) in [4.78, 5) is 6.96. The van der Waals surface area contributed by atoms with Crippen LogP contribution in [-0.2, 0) is 0 Å². The van der Waals surface area contributed by atoms with Gasteiger partial charge in [-0.15, -0.1) is 5.10 Å². The first-order chi connectivity index (χ1) is 13.2. The highest BCUT2D eigenvalue weighted by molar-refractivity contribution is 6.30. The molecule has 0 aliphatic carbocycles. The number of aromatic nitrogens is 6. The van der Waals surface area contributed by atoms with Crippen LogP contribution >= 0.6 is 11.6 Å². The van der Waals surface area contributed by atoms with Crippen LogP contribution < -0.4 is 4.90 Å². The Bertz CT molecular complexity index is 1260. The van der Waals surface area contributed by atoms with Gasteiger partial charge in [-0.25, -0.2) is 10.1 Å². The Morgan fingerprint density at radius 1 is 1.04 bits per heavy atom. The first-order valence-electron chi connectivity index (χ1n) is 8.35. The number of H-pyrrole nitrogens is 1. The highest BCUT2D eigenvalue weighted by Gasteiger charge is 2.14. The molecule has 132 valence electrons. The Hall–Kier alpha value is -3.45. The summed E-state index contributed by atoms with van der Waals surface area (Å²) in [7, 11) is 1.98. The van der Waals surface area contributed by atoms with Gasteiger partial charge in [0.2, 0.25) is 0 Å². The molecule has 0 saturated carbocycles. The molecule has 1 N–H and O–H groups in total. The summed E-state index contributed by atoms with van der Waals surface area (Å²) in [6, 6.07) is 17.8. The summed E-state index contributed by atoms with van der Waals surface area (Å²) in [5, 5.41) is 14.8. The first kappa shape index (κ1) is 15.8. The third kappa shape index (κ3) is 2.60. The lowest BCUT2D eigenvalue weighted by Crippen LogP contribution is -2.13. The van der Waals surface area contributed by atoms with Crippen molar-refractivity contribution in [2.75, 3.05) is 11.9 Å². The van der Waals surface area contributed by atoms with Crippen LogP contribution in [0, 0.1) is 0 Å². The van der Waals surface area contributed by atoms with Crippen LogP contribution in [0.5, 0.6) is 0 Å². The molecule has 7 nitrogen and oxygen atoms in total. The van der Waals surface area contributed by atoms with E-state index in [0.29, 0.717) is 10.8 Å². The molecule has 8 heteroatoms. The predicted molar refractivity (Wildman–Crippen MR) is 105 cm³/mol. The fourth-order valence-electron chi connectivity index (χ4n) is 3.24. The molecule has 0 aliphatic rings. The van der Waals surface area contributed by atoms with Gasteiger partial charge in [0, 0.05) is 29.5 Å². The number of nitrogens with one attached hydrogen (secondary N) is 1. The Morgan fingerprint density at radius 3 is 2.78 bits per heavy atom. The van der Waals surface area contributed by atoms with Gasteiger partial charge in [0.25, 0.3) is 0 Å². The predicted octanol–water partition coefficient (Wildman–Crippen LogP) is 4.09. The Labute approximate surface area is 159 Å². The third-order valence-corrected chi connectivity index (χ3v) is 4.81. The van der Waals surface area contributed by atoms with Gasteiger partial charge in [-0.1, -0.05) is 17.7 Å². The summed E-state index contributed by atoms with van der Waals surface area (Å²) >= 11 is 6.17. The second kappa shape index (κ2) is 6.07.